The lowest BCUT2D eigenvalue weighted by molar-refractivity contribution is 0.255. The van der Waals surface area contributed by atoms with Gasteiger partial charge in [-0.05, 0) is 47.7 Å². The number of urea groups is 1. The van der Waals surface area contributed by atoms with Crippen LogP contribution in [0.25, 0.3) is 6.08 Å². The first-order valence-corrected chi connectivity index (χ1v) is 7.99. The zero-order chi connectivity index (χ0) is 17.5. The van der Waals surface area contributed by atoms with Crippen LogP contribution in [0.15, 0.2) is 48.7 Å². The molecule has 2 N–H and O–H groups in total. The largest absolute Gasteiger partial charge is 0.497 e. The summed E-state index contributed by atoms with van der Waals surface area (Å²) in [4.78, 5) is 12.2. The summed E-state index contributed by atoms with van der Waals surface area (Å²) in [6.07, 6.45) is 3.45. The Bertz CT molecular complexity index is 736. The van der Waals surface area contributed by atoms with Gasteiger partial charge in [-0.15, -0.1) is 0 Å². The molecule has 0 aliphatic rings. The van der Waals surface area contributed by atoms with Gasteiger partial charge in [-0.1, -0.05) is 44.2 Å². The van der Waals surface area contributed by atoms with E-state index in [2.05, 4.69) is 24.5 Å². The Morgan fingerprint density at radius 2 is 1.92 bits per heavy atom. The number of methoxy groups -OCH3 is 1. The zero-order valence-corrected chi connectivity index (χ0v) is 14.6. The molecule has 2 rings (SSSR count). The molecule has 126 valence electrons. The number of carbonyl (C=O) groups excluding carboxylic acids is 1. The standard InChI is InChI=1S/C20H24N2O2/c1-14(2)18-10-5-7-15(3)19(18)22-20(23)21-12-11-16-8-6-9-17(13-16)24-4/h5-14H,1-4H3,(H2,21,22,23)/b12-11+. The van der Waals surface area contributed by atoms with Crippen LogP contribution in [-0.2, 0) is 0 Å². The van der Waals surface area contributed by atoms with Crippen LogP contribution in [0.3, 0.4) is 0 Å². The molecule has 2 amide bonds. The van der Waals surface area contributed by atoms with Crippen LogP contribution in [-0.4, -0.2) is 13.1 Å². The van der Waals surface area contributed by atoms with Crippen molar-refractivity contribution in [3.63, 3.8) is 0 Å². The maximum atomic E-state index is 12.2. The van der Waals surface area contributed by atoms with Gasteiger partial charge in [0.1, 0.15) is 5.75 Å². The Balaban J connectivity index is 2.02. The monoisotopic (exact) mass is 324 g/mol. The van der Waals surface area contributed by atoms with Crippen LogP contribution in [0.2, 0.25) is 0 Å². The highest BCUT2D eigenvalue weighted by Crippen LogP contribution is 2.27. The number of aryl methyl sites for hydroxylation is 1. The van der Waals surface area contributed by atoms with Crippen LogP contribution in [0.4, 0.5) is 10.5 Å². The van der Waals surface area contributed by atoms with Gasteiger partial charge in [-0.25, -0.2) is 4.79 Å². The van der Waals surface area contributed by atoms with Crippen molar-refractivity contribution in [2.75, 3.05) is 12.4 Å². The molecule has 2 aromatic carbocycles. The van der Waals surface area contributed by atoms with Gasteiger partial charge >= 0.3 is 6.03 Å². The molecule has 0 heterocycles. The molecule has 0 bridgehead atoms. The highest BCUT2D eigenvalue weighted by Gasteiger charge is 2.11. The Labute approximate surface area is 143 Å². The number of rotatable bonds is 5. The van der Waals surface area contributed by atoms with Gasteiger partial charge in [0.15, 0.2) is 0 Å². The Hall–Kier alpha value is -2.75. The minimum absolute atomic E-state index is 0.259. The van der Waals surface area contributed by atoms with E-state index in [4.69, 9.17) is 4.74 Å². The van der Waals surface area contributed by atoms with Gasteiger partial charge < -0.3 is 15.4 Å². The molecular formula is C20H24N2O2. The number of hydrogen-bond acceptors (Lipinski definition) is 2. The molecule has 4 nitrogen and oxygen atoms in total. The first-order valence-electron chi connectivity index (χ1n) is 7.99. The summed E-state index contributed by atoms with van der Waals surface area (Å²) in [5.74, 6) is 1.12. The number of carbonyl (C=O) groups is 1. The third-order valence-corrected chi connectivity index (χ3v) is 3.75. The Morgan fingerprint density at radius 1 is 1.17 bits per heavy atom. The molecule has 0 aromatic heterocycles. The molecule has 0 unspecified atom stereocenters. The molecule has 0 spiro atoms. The molecule has 0 saturated heterocycles. The molecule has 24 heavy (non-hydrogen) atoms. The topological polar surface area (TPSA) is 50.4 Å². The van der Waals surface area contributed by atoms with E-state index < -0.39 is 0 Å². The van der Waals surface area contributed by atoms with Gasteiger partial charge in [0, 0.05) is 11.9 Å². The second-order valence-electron chi connectivity index (χ2n) is 5.90. The summed E-state index contributed by atoms with van der Waals surface area (Å²) in [7, 11) is 1.63. The molecule has 0 aliphatic carbocycles. The number of ether oxygens (including phenoxy) is 1. The van der Waals surface area contributed by atoms with E-state index in [1.807, 2.05) is 55.5 Å². The van der Waals surface area contributed by atoms with Gasteiger partial charge in [-0.3, -0.25) is 0 Å². The zero-order valence-electron chi connectivity index (χ0n) is 14.6. The first-order chi connectivity index (χ1) is 11.5. The van der Waals surface area contributed by atoms with E-state index in [-0.39, 0.29) is 6.03 Å². The number of para-hydroxylation sites is 1. The van der Waals surface area contributed by atoms with Crippen molar-refractivity contribution in [3.8, 4) is 5.75 Å². The predicted molar refractivity (Wildman–Crippen MR) is 99.5 cm³/mol. The fraction of sp³-hybridized carbons (Fsp3) is 0.250. The van der Waals surface area contributed by atoms with Crippen LogP contribution in [0.5, 0.6) is 5.75 Å². The average molecular weight is 324 g/mol. The predicted octanol–water partition coefficient (Wildman–Crippen LogP) is 4.92. The number of benzene rings is 2. The SMILES string of the molecule is COc1cccc(/C=C/NC(=O)Nc2c(C)cccc2C(C)C)c1. The second kappa shape index (κ2) is 8.20. The summed E-state index contributed by atoms with van der Waals surface area (Å²) in [6.45, 7) is 6.22. The summed E-state index contributed by atoms with van der Waals surface area (Å²) in [5.41, 5.74) is 4.00. The molecule has 2 aromatic rings. The number of hydrogen-bond donors (Lipinski definition) is 2. The Kier molecular flexibility index (Phi) is 6.01. The van der Waals surface area contributed by atoms with Gasteiger partial charge in [0.25, 0.3) is 0 Å². The number of anilines is 1. The van der Waals surface area contributed by atoms with Gasteiger partial charge in [0.2, 0.25) is 0 Å². The van der Waals surface area contributed by atoms with Gasteiger partial charge in [-0.2, -0.15) is 0 Å². The van der Waals surface area contributed by atoms with Crippen molar-refractivity contribution in [2.24, 2.45) is 0 Å². The summed E-state index contributed by atoms with van der Waals surface area (Å²) < 4.78 is 5.18. The van der Waals surface area contributed by atoms with Gasteiger partial charge in [0.05, 0.1) is 7.11 Å². The Morgan fingerprint density at radius 3 is 2.62 bits per heavy atom. The lowest BCUT2D eigenvalue weighted by Gasteiger charge is -2.16. The van der Waals surface area contributed by atoms with Crippen molar-refractivity contribution in [2.45, 2.75) is 26.7 Å². The highest BCUT2D eigenvalue weighted by molar-refractivity contribution is 5.92. The quantitative estimate of drug-likeness (QED) is 0.820. The van der Waals surface area contributed by atoms with Crippen molar-refractivity contribution in [1.29, 1.82) is 0 Å². The maximum absolute atomic E-state index is 12.2. The number of nitrogens with one attached hydrogen (secondary N) is 2. The molecule has 4 heteroatoms. The third-order valence-electron chi connectivity index (χ3n) is 3.75. The lowest BCUT2D eigenvalue weighted by Crippen LogP contribution is -2.25. The first kappa shape index (κ1) is 17.6. The van der Waals surface area contributed by atoms with E-state index >= 15 is 0 Å². The van der Waals surface area contributed by atoms with E-state index in [0.717, 1.165) is 28.1 Å². The molecule has 0 atom stereocenters. The normalized spacial score (nSPS) is 10.9. The molecule has 0 radical (unpaired) electrons. The molecular weight excluding hydrogens is 300 g/mol. The molecule has 0 aliphatic heterocycles. The fourth-order valence-electron chi connectivity index (χ4n) is 2.45. The fourth-order valence-corrected chi connectivity index (χ4v) is 2.45. The minimum Gasteiger partial charge on any atom is -0.497 e. The summed E-state index contributed by atoms with van der Waals surface area (Å²) >= 11 is 0. The van der Waals surface area contributed by atoms with Crippen LogP contribution in [0.1, 0.15) is 36.5 Å². The van der Waals surface area contributed by atoms with Crippen LogP contribution in [0, 0.1) is 6.92 Å². The van der Waals surface area contributed by atoms with E-state index in [9.17, 15) is 4.79 Å². The van der Waals surface area contributed by atoms with E-state index in [1.54, 1.807) is 13.3 Å². The third kappa shape index (κ3) is 4.62. The summed E-state index contributed by atoms with van der Waals surface area (Å²) in [6, 6.07) is 13.4. The molecule has 0 saturated carbocycles. The average Bonchev–Trinajstić information content (AvgIpc) is 2.56. The van der Waals surface area contributed by atoms with Crippen molar-refractivity contribution in [3.05, 3.63) is 65.4 Å². The number of amides is 2. The minimum atomic E-state index is -0.259. The van der Waals surface area contributed by atoms with Crippen molar-refractivity contribution < 1.29 is 9.53 Å². The van der Waals surface area contributed by atoms with E-state index in [0.29, 0.717) is 5.92 Å². The van der Waals surface area contributed by atoms with Crippen LogP contribution < -0.4 is 15.4 Å². The van der Waals surface area contributed by atoms with Crippen molar-refractivity contribution >= 4 is 17.8 Å². The maximum Gasteiger partial charge on any atom is 0.323 e. The smallest absolute Gasteiger partial charge is 0.323 e. The van der Waals surface area contributed by atoms with E-state index in [1.165, 1.54) is 0 Å². The highest BCUT2D eigenvalue weighted by atomic mass is 16.5. The molecule has 0 fully saturated rings. The van der Waals surface area contributed by atoms with Crippen molar-refractivity contribution in [1.82, 2.24) is 5.32 Å². The summed E-state index contributed by atoms with van der Waals surface area (Å²) in [5, 5.41) is 5.68. The second-order valence-corrected chi connectivity index (χ2v) is 5.90. The van der Waals surface area contributed by atoms with Crippen LogP contribution >= 0.6 is 0 Å². The lowest BCUT2D eigenvalue weighted by atomic mass is 9.98.